The molecule has 0 aliphatic rings. The molecule has 0 bridgehead atoms. The van der Waals surface area contributed by atoms with Crippen LogP contribution in [0.1, 0.15) is 19.4 Å². The maximum Gasteiger partial charge on any atom is 0.419 e. The molecule has 1 aromatic heterocycles. The van der Waals surface area contributed by atoms with E-state index in [1.807, 2.05) is 18.2 Å². The minimum absolute atomic E-state index is 0.0675. The zero-order valence-corrected chi connectivity index (χ0v) is 11.0. The van der Waals surface area contributed by atoms with Gasteiger partial charge in [0, 0.05) is 25.7 Å². The summed E-state index contributed by atoms with van der Waals surface area (Å²) in [5.74, 6) is -0.333. The van der Waals surface area contributed by atoms with Crippen molar-refractivity contribution >= 4 is 11.1 Å². The third-order valence-corrected chi connectivity index (χ3v) is 3.29. The highest BCUT2D eigenvalue weighted by Crippen LogP contribution is 2.25. The highest BCUT2D eigenvalue weighted by molar-refractivity contribution is 5.74. The van der Waals surface area contributed by atoms with Crippen molar-refractivity contribution in [3.63, 3.8) is 0 Å². The molecule has 0 unspecified atom stereocenters. The number of aromatic nitrogens is 1. The first-order valence-corrected chi connectivity index (χ1v) is 5.96. The van der Waals surface area contributed by atoms with E-state index in [4.69, 9.17) is 10.2 Å². The van der Waals surface area contributed by atoms with Gasteiger partial charge in [-0.3, -0.25) is 4.57 Å². The van der Waals surface area contributed by atoms with Crippen LogP contribution < -0.4 is 16.8 Å². The van der Waals surface area contributed by atoms with Crippen LogP contribution in [-0.4, -0.2) is 17.8 Å². The molecule has 1 aromatic carbocycles. The molecule has 0 aliphatic carbocycles. The van der Waals surface area contributed by atoms with Gasteiger partial charge in [-0.15, -0.1) is 0 Å². The lowest BCUT2D eigenvalue weighted by Gasteiger charge is -2.25. The first-order valence-electron chi connectivity index (χ1n) is 5.96. The normalized spacial score (nSPS) is 12.2. The Morgan fingerprint density at radius 1 is 1.44 bits per heavy atom. The second-order valence-corrected chi connectivity index (χ2v) is 5.12. The Labute approximate surface area is 106 Å². The van der Waals surface area contributed by atoms with E-state index in [-0.39, 0.29) is 11.2 Å². The van der Waals surface area contributed by atoms with Crippen molar-refractivity contribution in [2.45, 2.75) is 19.3 Å². The Hall–Kier alpha value is -1.59. The van der Waals surface area contributed by atoms with Gasteiger partial charge in [0.25, 0.3) is 0 Å². The lowest BCUT2D eigenvalue weighted by Crippen LogP contribution is -2.35. The van der Waals surface area contributed by atoms with E-state index in [9.17, 15) is 4.79 Å². The van der Waals surface area contributed by atoms with Crippen LogP contribution in [0.3, 0.4) is 0 Å². The largest absolute Gasteiger partial charge is 0.419 e. The van der Waals surface area contributed by atoms with Gasteiger partial charge in [0.15, 0.2) is 5.58 Å². The molecule has 0 amide bonds. The van der Waals surface area contributed by atoms with Gasteiger partial charge < -0.3 is 15.5 Å². The number of benzene rings is 1. The van der Waals surface area contributed by atoms with Gasteiger partial charge >= 0.3 is 5.76 Å². The summed E-state index contributed by atoms with van der Waals surface area (Å²) in [5.41, 5.74) is 7.94. The average molecular weight is 249 g/mol. The lowest BCUT2D eigenvalue weighted by molar-refractivity contribution is 0.473. The van der Waals surface area contributed by atoms with E-state index >= 15 is 0 Å². The van der Waals surface area contributed by atoms with Gasteiger partial charge in [0.2, 0.25) is 0 Å². The monoisotopic (exact) mass is 249 g/mol. The van der Waals surface area contributed by atoms with Crippen LogP contribution in [0.25, 0.3) is 11.1 Å². The number of nitrogens with two attached hydrogens (primary N) is 1. The van der Waals surface area contributed by atoms with Crippen LogP contribution in [0, 0.1) is 0 Å². The standard InChI is InChI=1S/C13H19N3O2/c1-13(2,7-15-8-14)9-4-5-10-11(6-9)18-12(17)16(10)3/h4-6,15H,7-8,14H2,1-3H3. The summed E-state index contributed by atoms with van der Waals surface area (Å²) in [6.45, 7) is 5.47. The molecule has 3 N–H and O–H groups in total. The molecule has 5 nitrogen and oxygen atoms in total. The Kier molecular flexibility index (Phi) is 3.28. The maximum atomic E-state index is 11.4. The van der Waals surface area contributed by atoms with Crippen LogP contribution >= 0.6 is 0 Å². The van der Waals surface area contributed by atoms with Crippen LogP contribution in [0.15, 0.2) is 27.4 Å². The number of hydrogen-bond acceptors (Lipinski definition) is 4. The van der Waals surface area contributed by atoms with Crippen LogP contribution in [-0.2, 0) is 12.5 Å². The van der Waals surface area contributed by atoms with E-state index in [1.165, 1.54) is 4.57 Å². The molecule has 18 heavy (non-hydrogen) atoms. The van der Waals surface area contributed by atoms with Crippen molar-refractivity contribution < 1.29 is 4.42 Å². The molecule has 2 aromatic rings. The van der Waals surface area contributed by atoms with E-state index < -0.39 is 0 Å². The Morgan fingerprint density at radius 3 is 2.83 bits per heavy atom. The van der Waals surface area contributed by atoms with Crippen molar-refractivity contribution in [2.75, 3.05) is 13.2 Å². The van der Waals surface area contributed by atoms with Crippen LogP contribution in [0.4, 0.5) is 0 Å². The van der Waals surface area contributed by atoms with Gasteiger partial charge in [-0.2, -0.15) is 0 Å². The topological polar surface area (TPSA) is 73.2 Å². The van der Waals surface area contributed by atoms with Gasteiger partial charge in [-0.1, -0.05) is 19.9 Å². The number of fused-ring (bicyclic) bond motifs is 1. The summed E-state index contributed by atoms with van der Waals surface area (Å²) in [7, 11) is 1.70. The molecular formula is C13H19N3O2. The minimum Gasteiger partial charge on any atom is -0.408 e. The number of rotatable bonds is 4. The summed E-state index contributed by atoms with van der Waals surface area (Å²) in [4.78, 5) is 11.4. The molecule has 98 valence electrons. The molecule has 0 radical (unpaired) electrons. The lowest BCUT2D eigenvalue weighted by atomic mass is 9.84. The molecule has 0 saturated heterocycles. The van der Waals surface area contributed by atoms with Gasteiger partial charge in [0.05, 0.1) is 5.52 Å². The van der Waals surface area contributed by atoms with Crippen LogP contribution in [0.2, 0.25) is 0 Å². The van der Waals surface area contributed by atoms with Crippen molar-refractivity contribution in [1.82, 2.24) is 9.88 Å². The highest BCUT2D eigenvalue weighted by atomic mass is 16.4. The molecule has 0 fully saturated rings. The van der Waals surface area contributed by atoms with Gasteiger partial charge in [-0.05, 0) is 17.7 Å². The summed E-state index contributed by atoms with van der Waals surface area (Å²) in [6, 6.07) is 5.87. The van der Waals surface area contributed by atoms with Gasteiger partial charge in [-0.25, -0.2) is 4.79 Å². The average Bonchev–Trinajstić information content (AvgIpc) is 2.62. The van der Waals surface area contributed by atoms with E-state index in [0.717, 1.165) is 17.6 Å². The minimum atomic E-state index is -0.333. The predicted octanol–water partition coefficient (Wildman–Crippen LogP) is 0.915. The molecule has 0 saturated carbocycles. The summed E-state index contributed by atoms with van der Waals surface area (Å²) in [5, 5.41) is 3.13. The van der Waals surface area contributed by atoms with E-state index in [1.54, 1.807) is 7.05 Å². The first-order chi connectivity index (χ1) is 8.45. The summed E-state index contributed by atoms with van der Waals surface area (Å²) >= 11 is 0. The Balaban J connectivity index is 2.44. The molecule has 5 heteroatoms. The van der Waals surface area contributed by atoms with Crippen molar-refractivity contribution in [3.8, 4) is 0 Å². The van der Waals surface area contributed by atoms with Gasteiger partial charge in [0.1, 0.15) is 0 Å². The molecule has 0 spiro atoms. The quantitative estimate of drug-likeness (QED) is 0.790. The van der Waals surface area contributed by atoms with E-state index in [0.29, 0.717) is 12.3 Å². The fourth-order valence-corrected chi connectivity index (χ4v) is 2.04. The molecule has 2 rings (SSSR count). The second-order valence-electron chi connectivity index (χ2n) is 5.12. The highest BCUT2D eigenvalue weighted by Gasteiger charge is 2.21. The Bertz CT molecular complexity index is 610. The van der Waals surface area contributed by atoms with E-state index in [2.05, 4.69) is 19.2 Å². The maximum absolute atomic E-state index is 11.4. The smallest absolute Gasteiger partial charge is 0.408 e. The zero-order valence-electron chi connectivity index (χ0n) is 11.0. The van der Waals surface area contributed by atoms with Crippen LogP contribution in [0.5, 0.6) is 0 Å². The number of aryl methyl sites for hydroxylation is 1. The fraction of sp³-hybridized carbons (Fsp3) is 0.462. The van der Waals surface area contributed by atoms with Crippen molar-refractivity contribution in [1.29, 1.82) is 0 Å². The van der Waals surface area contributed by atoms with Crippen molar-refractivity contribution in [3.05, 3.63) is 34.3 Å². The Morgan fingerprint density at radius 2 is 2.17 bits per heavy atom. The number of oxazole rings is 1. The molecule has 0 atom stereocenters. The molecular weight excluding hydrogens is 230 g/mol. The third-order valence-electron chi connectivity index (χ3n) is 3.29. The number of hydrogen-bond donors (Lipinski definition) is 2. The second kappa shape index (κ2) is 4.59. The first kappa shape index (κ1) is 12.9. The summed E-state index contributed by atoms with van der Waals surface area (Å²) < 4.78 is 6.71. The zero-order chi connectivity index (χ0) is 13.3. The number of nitrogens with one attached hydrogen (secondary N) is 1. The molecule has 0 aliphatic heterocycles. The SMILES string of the molecule is Cn1c(=O)oc2cc(C(C)(C)CNCN)ccc21. The molecule has 1 heterocycles. The summed E-state index contributed by atoms with van der Waals surface area (Å²) in [6.07, 6.45) is 0. The predicted molar refractivity (Wildman–Crippen MR) is 71.5 cm³/mol. The third kappa shape index (κ3) is 2.19. The fourth-order valence-electron chi connectivity index (χ4n) is 2.04. The van der Waals surface area contributed by atoms with Crippen molar-refractivity contribution in [2.24, 2.45) is 12.8 Å². The number of nitrogens with zero attached hydrogens (tertiary/aromatic N) is 1.